The molecule has 0 saturated heterocycles. The van der Waals surface area contributed by atoms with Gasteiger partial charge in [0, 0.05) is 16.3 Å². The Kier molecular flexibility index (Phi) is 6.00. The number of carbonyl (C=O) groups is 1. The Morgan fingerprint density at radius 3 is 2.29 bits per heavy atom. The molecule has 0 aliphatic rings. The predicted molar refractivity (Wildman–Crippen MR) is 122 cm³/mol. The molecule has 0 unspecified atom stereocenters. The van der Waals surface area contributed by atoms with Crippen molar-refractivity contribution in [2.24, 2.45) is 0 Å². The number of methoxy groups -OCH3 is 1. The maximum Gasteiger partial charge on any atom is 0.295 e. The monoisotopic (exact) mass is 432 g/mol. The highest BCUT2D eigenvalue weighted by Gasteiger charge is 2.19. The molecule has 3 aromatic carbocycles. The van der Waals surface area contributed by atoms with Crippen molar-refractivity contribution in [1.82, 2.24) is 14.8 Å². The van der Waals surface area contributed by atoms with E-state index in [4.69, 9.17) is 16.3 Å². The molecule has 0 radical (unpaired) electrons. The molecular weight excluding hydrogens is 412 g/mol. The van der Waals surface area contributed by atoms with E-state index in [-0.39, 0.29) is 11.7 Å². The minimum Gasteiger partial charge on any atom is -0.497 e. The summed E-state index contributed by atoms with van der Waals surface area (Å²) in [5.41, 5.74) is 3.43. The minimum absolute atomic E-state index is 0.0698. The third kappa shape index (κ3) is 4.59. The summed E-state index contributed by atoms with van der Waals surface area (Å²) in [5.74, 6) is 0.957. The third-order valence-corrected chi connectivity index (χ3v) is 5.10. The largest absolute Gasteiger partial charge is 0.497 e. The fourth-order valence-corrected chi connectivity index (χ4v) is 3.23. The van der Waals surface area contributed by atoms with Crippen LogP contribution in [-0.2, 0) is 6.42 Å². The number of rotatable bonds is 6. The summed E-state index contributed by atoms with van der Waals surface area (Å²) in [5, 5.41) is 7.95. The first-order chi connectivity index (χ1) is 15.1. The van der Waals surface area contributed by atoms with Gasteiger partial charge in [0.05, 0.1) is 12.8 Å². The Balaban J connectivity index is 1.70. The lowest BCUT2D eigenvalue weighted by Crippen LogP contribution is -2.14. The van der Waals surface area contributed by atoms with Gasteiger partial charge >= 0.3 is 0 Å². The van der Waals surface area contributed by atoms with Gasteiger partial charge in [-0.1, -0.05) is 30.7 Å². The van der Waals surface area contributed by atoms with Crippen LogP contribution in [0.25, 0.3) is 17.1 Å². The van der Waals surface area contributed by atoms with E-state index in [1.54, 1.807) is 23.9 Å². The van der Waals surface area contributed by atoms with E-state index < -0.39 is 0 Å². The smallest absolute Gasteiger partial charge is 0.295 e. The summed E-state index contributed by atoms with van der Waals surface area (Å²) >= 11 is 6.03. The van der Waals surface area contributed by atoms with Crippen molar-refractivity contribution in [2.45, 2.75) is 13.3 Å². The summed E-state index contributed by atoms with van der Waals surface area (Å²) in [4.78, 5) is 17.4. The number of hydrogen-bond acceptors (Lipinski definition) is 4. The standard InChI is InChI=1S/C24H21ClN4O2/c1-3-16-4-10-19(11-5-16)26-24(30)22-27-23(17-6-14-21(31-2)15-7-17)29(28-22)20-12-8-18(25)9-13-20/h4-15H,3H2,1-2H3,(H,26,30). The van der Waals surface area contributed by atoms with Crippen LogP contribution in [0.1, 0.15) is 23.1 Å². The van der Waals surface area contributed by atoms with Crippen molar-refractivity contribution in [2.75, 3.05) is 12.4 Å². The Labute approximate surface area is 185 Å². The number of nitrogens with zero attached hydrogens (tertiary/aromatic N) is 3. The van der Waals surface area contributed by atoms with E-state index in [0.717, 1.165) is 23.4 Å². The first-order valence-corrected chi connectivity index (χ1v) is 10.2. The van der Waals surface area contributed by atoms with Gasteiger partial charge in [0.2, 0.25) is 5.82 Å². The number of anilines is 1. The van der Waals surface area contributed by atoms with Crippen LogP contribution >= 0.6 is 11.6 Å². The molecular formula is C24H21ClN4O2. The molecule has 7 heteroatoms. The Hall–Kier alpha value is -3.64. The zero-order chi connectivity index (χ0) is 21.8. The molecule has 0 atom stereocenters. The molecule has 1 aromatic heterocycles. The van der Waals surface area contributed by atoms with E-state index in [1.807, 2.05) is 60.7 Å². The van der Waals surface area contributed by atoms with Crippen LogP contribution in [0.15, 0.2) is 72.8 Å². The molecule has 0 saturated carbocycles. The second-order valence-corrected chi connectivity index (χ2v) is 7.32. The minimum atomic E-state index is -0.383. The Morgan fingerprint density at radius 2 is 1.68 bits per heavy atom. The second kappa shape index (κ2) is 9.02. The number of hydrogen-bond donors (Lipinski definition) is 1. The van der Waals surface area contributed by atoms with E-state index in [9.17, 15) is 4.79 Å². The summed E-state index contributed by atoms with van der Waals surface area (Å²) in [6, 6.07) is 22.3. The van der Waals surface area contributed by atoms with Gasteiger partial charge in [-0.15, -0.1) is 5.10 Å². The first kappa shape index (κ1) is 20.6. The van der Waals surface area contributed by atoms with Crippen LogP contribution in [0, 0.1) is 0 Å². The fraction of sp³-hybridized carbons (Fsp3) is 0.125. The summed E-state index contributed by atoms with van der Waals surface area (Å²) in [6.07, 6.45) is 0.937. The average Bonchev–Trinajstić information content (AvgIpc) is 3.26. The van der Waals surface area contributed by atoms with Crippen LogP contribution in [0.2, 0.25) is 5.02 Å². The van der Waals surface area contributed by atoms with E-state index in [2.05, 4.69) is 22.3 Å². The lowest BCUT2D eigenvalue weighted by molar-refractivity contribution is 0.101. The van der Waals surface area contributed by atoms with Gasteiger partial charge in [-0.25, -0.2) is 9.67 Å². The summed E-state index contributed by atoms with van der Waals surface area (Å²) < 4.78 is 6.87. The third-order valence-electron chi connectivity index (χ3n) is 4.85. The number of halogens is 1. The normalized spacial score (nSPS) is 10.7. The maximum absolute atomic E-state index is 12.9. The van der Waals surface area contributed by atoms with Gasteiger partial charge in [0.1, 0.15) is 5.75 Å². The Morgan fingerprint density at radius 1 is 1.00 bits per heavy atom. The maximum atomic E-state index is 12.9. The number of ether oxygens (including phenoxy) is 1. The van der Waals surface area contributed by atoms with Crippen molar-refractivity contribution < 1.29 is 9.53 Å². The molecule has 1 N–H and O–H groups in total. The molecule has 1 amide bonds. The topological polar surface area (TPSA) is 69.0 Å². The lowest BCUT2D eigenvalue weighted by atomic mass is 10.1. The number of nitrogens with one attached hydrogen (secondary N) is 1. The first-order valence-electron chi connectivity index (χ1n) is 9.85. The number of aryl methyl sites for hydroxylation is 1. The quantitative estimate of drug-likeness (QED) is 0.442. The van der Waals surface area contributed by atoms with Crippen LogP contribution < -0.4 is 10.1 Å². The van der Waals surface area contributed by atoms with Crippen molar-refractivity contribution >= 4 is 23.2 Å². The van der Waals surface area contributed by atoms with Gasteiger partial charge in [-0.05, 0) is 72.6 Å². The zero-order valence-corrected chi connectivity index (χ0v) is 17.9. The SMILES string of the molecule is CCc1ccc(NC(=O)c2nc(-c3ccc(OC)cc3)n(-c3ccc(Cl)cc3)n2)cc1. The molecule has 31 heavy (non-hydrogen) atoms. The molecule has 0 spiro atoms. The van der Waals surface area contributed by atoms with Crippen molar-refractivity contribution in [3.63, 3.8) is 0 Å². The fourth-order valence-electron chi connectivity index (χ4n) is 3.11. The molecule has 4 aromatic rings. The average molecular weight is 433 g/mol. The predicted octanol–water partition coefficient (Wildman–Crippen LogP) is 5.41. The van der Waals surface area contributed by atoms with E-state index in [0.29, 0.717) is 16.5 Å². The molecule has 0 aliphatic carbocycles. The van der Waals surface area contributed by atoms with Gasteiger partial charge in [0.25, 0.3) is 5.91 Å². The number of amides is 1. The lowest BCUT2D eigenvalue weighted by Gasteiger charge is -2.07. The molecule has 4 rings (SSSR count). The van der Waals surface area contributed by atoms with Gasteiger partial charge in [-0.2, -0.15) is 0 Å². The molecule has 6 nitrogen and oxygen atoms in total. The molecule has 0 fully saturated rings. The van der Waals surface area contributed by atoms with E-state index >= 15 is 0 Å². The molecule has 0 bridgehead atoms. The van der Waals surface area contributed by atoms with Gasteiger partial charge in [0.15, 0.2) is 5.82 Å². The van der Waals surface area contributed by atoms with Gasteiger partial charge < -0.3 is 10.1 Å². The number of carbonyl (C=O) groups excluding carboxylic acids is 1. The summed E-state index contributed by atoms with van der Waals surface area (Å²) in [6.45, 7) is 2.08. The second-order valence-electron chi connectivity index (χ2n) is 6.88. The van der Waals surface area contributed by atoms with Gasteiger partial charge in [-0.3, -0.25) is 4.79 Å². The van der Waals surface area contributed by atoms with Crippen molar-refractivity contribution in [3.8, 4) is 22.8 Å². The van der Waals surface area contributed by atoms with Crippen molar-refractivity contribution in [3.05, 3.63) is 89.2 Å². The van der Waals surface area contributed by atoms with Crippen molar-refractivity contribution in [1.29, 1.82) is 0 Å². The zero-order valence-electron chi connectivity index (χ0n) is 17.2. The summed E-state index contributed by atoms with van der Waals surface area (Å²) in [7, 11) is 1.61. The highest BCUT2D eigenvalue weighted by molar-refractivity contribution is 6.30. The highest BCUT2D eigenvalue weighted by atomic mass is 35.5. The highest BCUT2D eigenvalue weighted by Crippen LogP contribution is 2.25. The van der Waals surface area contributed by atoms with Crippen LogP contribution in [0.3, 0.4) is 0 Å². The van der Waals surface area contributed by atoms with Crippen LogP contribution in [-0.4, -0.2) is 27.8 Å². The number of aromatic nitrogens is 3. The number of benzene rings is 3. The molecule has 156 valence electrons. The van der Waals surface area contributed by atoms with Crippen LogP contribution in [0.5, 0.6) is 5.75 Å². The van der Waals surface area contributed by atoms with E-state index in [1.165, 1.54) is 5.56 Å². The molecule has 1 heterocycles. The molecule has 0 aliphatic heterocycles. The Bertz CT molecular complexity index is 1180. The van der Waals surface area contributed by atoms with Crippen LogP contribution in [0.4, 0.5) is 5.69 Å².